The van der Waals surface area contributed by atoms with Crippen LogP contribution in [-0.4, -0.2) is 22.1 Å². The molecule has 0 amide bonds. The van der Waals surface area contributed by atoms with Gasteiger partial charge in [0.1, 0.15) is 6.33 Å². The topological polar surface area (TPSA) is 47.9 Å². The number of aromatic nitrogens is 3. The summed E-state index contributed by atoms with van der Waals surface area (Å²) < 4.78 is 5.18. The summed E-state index contributed by atoms with van der Waals surface area (Å²) in [5, 5.41) is 0.335. The number of nitrogens with zero attached hydrogens (tertiary/aromatic N) is 3. The van der Waals surface area contributed by atoms with Crippen LogP contribution < -0.4 is 4.74 Å². The van der Waals surface area contributed by atoms with E-state index in [4.69, 9.17) is 16.3 Å². The van der Waals surface area contributed by atoms with Gasteiger partial charge in [0.15, 0.2) is 10.9 Å². The zero-order valence-corrected chi connectivity index (χ0v) is 9.48. The van der Waals surface area contributed by atoms with Crippen molar-refractivity contribution >= 4 is 11.6 Å². The maximum atomic E-state index is 5.91. The fourth-order valence-corrected chi connectivity index (χ4v) is 1.64. The maximum absolute atomic E-state index is 5.91. The van der Waals surface area contributed by atoms with E-state index in [1.165, 1.54) is 6.33 Å². The third kappa shape index (κ3) is 2.28. The quantitative estimate of drug-likeness (QED) is 0.765. The van der Waals surface area contributed by atoms with Crippen molar-refractivity contribution in [1.29, 1.82) is 0 Å². The van der Waals surface area contributed by atoms with Crippen LogP contribution in [0.2, 0.25) is 5.15 Å². The minimum absolute atomic E-state index is 0.335. The Labute approximate surface area is 98.3 Å². The molecule has 2 rings (SSSR count). The lowest BCUT2D eigenvalue weighted by atomic mass is 10.1. The van der Waals surface area contributed by atoms with Gasteiger partial charge in [0, 0.05) is 18.8 Å². The SMILES string of the molecule is COc1c(Cl)ncnc1Cc1ccncc1. The molecule has 0 radical (unpaired) electrons. The second-order valence-corrected chi connectivity index (χ2v) is 3.53. The van der Waals surface area contributed by atoms with Crippen LogP contribution >= 0.6 is 11.6 Å². The highest BCUT2D eigenvalue weighted by molar-refractivity contribution is 6.30. The predicted octanol–water partition coefficient (Wildman–Crippen LogP) is 2.12. The van der Waals surface area contributed by atoms with Gasteiger partial charge in [-0.1, -0.05) is 11.6 Å². The van der Waals surface area contributed by atoms with Gasteiger partial charge in [-0.2, -0.15) is 0 Å². The van der Waals surface area contributed by atoms with Crippen molar-refractivity contribution in [3.63, 3.8) is 0 Å². The number of rotatable bonds is 3. The lowest BCUT2D eigenvalue weighted by Crippen LogP contribution is -1.99. The van der Waals surface area contributed by atoms with E-state index in [0.717, 1.165) is 11.3 Å². The minimum atomic E-state index is 0.335. The molecule has 5 heteroatoms. The molecule has 0 unspecified atom stereocenters. The molecule has 0 aliphatic carbocycles. The lowest BCUT2D eigenvalue weighted by Gasteiger charge is -2.07. The zero-order valence-electron chi connectivity index (χ0n) is 8.72. The number of methoxy groups -OCH3 is 1. The summed E-state index contributed by atoms with van der Waals surface area (Å²) in [5.41, 5.74) is 1.87. The highest BCUT2D eigenvalue weighted by Crippen LogP contribution is 2.25. The van der Waals surface area contributed by atoms with Crippen molar-refractivity contribution in [2.45, 2.75) is 6.42 Å². The van der Waals surface area contributed by atoms with E-state index in [0.29, 0.717) is 17.3 Å². The summed E-state index contributed by atoms with van der Waals surface area (Å²) in [6.07, 6.45) is 5.56. The molecule has 0 spiro atoms. The van der Waals surface area contributed by atoms with Gasteiger partial charge in [-0.3, -0.25) is 4.98 Å². The van der Waals surface area contributed by atoms with Crippen molar-refractivity contribution < 1.29 is 4.74 Å². The highest BCUT2D eigenvalue weighted by atomic mass is 35.5. The first-order valence-electron chi connectivity index (χ1n) is 4.73. The monoisotopic (exact) mass is 235 g/mol. The predicted molar refractivity (Wildman–Crippen MR) is 60.6 cm³/mol. The number of ether oxygens (including phenoxy) is 1. The van der Waals surface area contributed by atoms with E-state index in [1.807, 2.05) is 12.1 Å². The van der Waals surface area contributed by atoms with Gasteiger partial charge in [-0.05, 0) is 17.7 Å². The van der Waals surface area contributed by atoms with Crippen LogP contribution in [0.1, 0.15) is 11.3 Å². The average molecular weight is 236 g/mol. The van der Waals surface area contributed by atoms with E-state index in [1.54, 1.807) is 19.5 Å². The molecule has 2 aromatic heterocycles. The molecule has 0 aliphatic rings. The molecule has 82 valence electrons. The van der Waals surface area contributed by atoms with Crippen molar-refractivity contribution in [2.24, 2.45) is 0 Å². The number of pyridine rings is 1. The second-order valence-electron chi connectivity index (χ2n) is 3.18. The smallest absolute Gasteiger partial charge is 0.178 e. The first kappa shape index (κ1) is 10.8. The van der Waals surface area contributed by atoms with Crippen molar-refractivity contribution in [3.05, 3.63) is 47.3 Å². The van der Waals surface area contributed by atoms with Crippen molar-refractivity contribution in [2.75, 3.05) is 7.11 Å². The average Bonchev–Trinajstić information content (AvgIpc) is 2.31. The van der Waals surface area contributed by atoms with Gasteiger partial charge in [0.05, 0.1) is 12.8 Å². The van der Waals surface area contributed by atoms with E-state index < -0.39 is 0 Å². The van der Waals surface area contributed by atoms with Crippen molar-refractivity contribution in [1.82, 2.24) is 15.0 Å². The van der Waals surface area contributed by atoms with Crippen LogP contribution in [0, 0.1) is 0 Å². The Balaban J connectivity index is 2.31. The molecule has 0 saturated carbocycles. The first-order valence-corrected chi connectivity index (χ1v) is 5.11. The van der Waals surface area contributed by atoms with E-state index in [-0.39, 0.29) is 0 Å². The minimum Gasteiger partial charge on any atom is -0.492 e. The largest absolute Gasteiger partial charge is 0.492 e. The van der Waals surface area contributed by atoms with Crippen LogP contribution in [0.25, 0.3) is 0 Å². The molecule has 0 atom stereocenters. The summed E-state index contributed by atoms with van der Waals surface area (Å²) in [6, 6.07) is 3.85. The first-order chi connectivity index (χ1) is 7.81. The Bertz CT molecular complexity index is 476. The molecule has 0 fully saturated rings. The van der Waals surface area contributed by atoms with Crippen molar-refractivity contribution in [3.8, 4) is 5.75 Å². The van der Waals surface area contributed by atoms with Crippen LogP contribution in [0.5, 0.6) is 5.75 Å². The summed E-state index contributed by atoms with van der Waals surface area (Å²) in [4.78, 5) is 12.0. The molecule has 0 aliphatic heterocycles. The van der Waals surface area contributed by atoms with E-state index in [2.05, 4.69) is 15.0 Å². The summed E-state index contributed by atoms with van der Waals surface area (Å²) >= 11 is 5.91. The Morgan fingerprint density at radius 1 is 1.25 bits per heavy atom. The molecule has 0 bridgehead atoms. The Morgan fingerprint density at radius 2 is 2.00 bits per heavy atom. The van der Waals surface area contributed by atoms with E-state index in [9.17, 15) is 0 Å². The van der Waals surface area contributed by atoms with Crippen LogP contribution in [0.4, 0.5) is 0 Å². The van der Waals surface area contributed by atoms with Crippen LogP contribution in [0.3, 0.4) is 0 Å². The summed E-state index contributed by atoms with van der Waals surface area (Å²) in [5.74, 6) is 0.529. The third-order valence-electron chi connectivity index (χ3n) is 2.16. The normalized spacial score (nSPS) is 10.1. The van der Waals surface area contributed by atoms with Gasteiger partial charge >= 0.3 is 0 Å². The summed E-state index contributed by atoms with van der Waals surface area (Å²) in [7, 11) is 1.56. The van der Waals surface area contributed by atoms with Crippen LogP contribution in [-0.2, 0) is 6.42 Å². The fraction of sp³-hybridized carbons (Fsp3) is 0.182. The van der Waals surface area contributed by atoms with Gasteiger partial charge in [0.2, 0.25) is 0 Å². The van der Waals surface area contributed by atoms with Gasteiger partial charge in [-0.15, -0.1) is 0 Å². The third-order valence-corrected chi connectivity index (χ3v) is 2.43. The maximum Gasteiger partial charge on any atom is 0.178 e. The number of hydrogen-bond acceptors (Lipinski definition) is 4. The molecular weight excluding hydrogens is 226 g/mol. The Hall–Kier alpha value is -1.68. The van der Waals surface area contributed by atoms with Crippen LogP contribution in [0.15, 0.2) is 30.9 Å². The molecular formula is C11H10ClN3O. The zero-order chi connectivity index (χ0) is 11.4. The Morgan fingerprint density at radius 3 is 2.69 bits per heavy atom. The van der Waals surface area contributed by atoms with Gasteiger partial charge in [-0.25, -0.2) is 9.97 Å². The molecule has 2 aromatic rings. The number of hydrogen-bond donors (Lipinski definition) is 0. The Kier molecular flexibility index (Phi) is 3.31. The molecule has 0 aromatic carbocycles. The molecule has 16 heavy (non-hydrogen) atoms. The molecule has 0 N–H and O–H groups in total. The molecule has 4 nitrogen and oxygen atoms in total. The molecule has 2 heterocycles. The highest BCUT2D eigenvalue weighted by Gasteiger charge is 2.10. The van der Waals surface area contributed by atoms with Gasteiger partial charge < -0.3 is 4.74 Å². The molecule has 0 saturated heterocycles. The van der Waals surface area contributed by atoms with Gasteiger partial charge in [0.25, 0.3) is 0 Å². The van der Waals surface area contributed by atoms with E-state index >= 15 is 0 Å². The fourth-order valence-electron chi connectivity index (χ4n) is 1.41. The summed E-state index contributed by atoms with van der Waals surface area (Å²) in [6.45, 7) is 0. The lowest BCUT2D eigenvalue weighted by molar-refractivity contribution is 0.406. The second kappa shape index (κ2) is 4.90. The standard InChI is InChI=1S/C11H10ClN3O/c1-16-10-9(14-7-15-11(10)12)6-8-2-4-13-5-3-8/h2-5,7H,6H2,1H3. The number of halogens is 1.